The van der Waals surface area contributed by atoms with Crippen molar-refractivity contribution in [3.63, 3.8) is 0 Å². The van der Waals surface area contributed by atoms with Crippen LogP contribution in [-0.2, 0) is 9.53 Å². The Kier molecular flexibility index (Phi) is 11.4. The molecule has 0 saturated carbocycles. The summed E-state index contributed by atoms with van der Waals surface area (Å²) in [6.07, 6.45) is 3.43. The summed E-state index contributed by atoms with van der Waals surface area (Å²) in [7, 11) is 0. The number of pyridine rings is 1. The van der Waals surface area contributed by atoms with Crippen molar-refractivity contribution in [2.75, 3.05) is 39.4 Å². The number of ether oxygens (including phenoxy) is 2. The van der Waals surface area contributed by atoms with Gasteiger partial charge in [0.05, 0.1) is 19.1 Å². The fourth-order valence-electron chi connectivity index (χ4n) is 2.82. The molecule has 0 radical (unpaired) electrons. The van der Waals surface area contributed by atoms with Crippen molar-refractivity contribution >= 4 is 47.5 Å². The van der Waals surface area contributed by atoms with E-state index in [0.717, 1.165) is 31.9 Å². The smallest absolute Gasteiger partial charge is 0.310 e. The molecule has 2 heterocycles. The normalized spacial score (nSPS) is 17.1. The Morgan fingerprint density at radius 3 is 3.00 bits per heavy atom. The van der Waals surface area contributed by atoms with E-state index in [4.69, 9.17) is 21.1 Å². The topological polar surface area (TPSA) is 76.1 Å². The first kappa shape index (κ1) is 23.7. The minimum absolute atomic E-state index is 0. The maximum atomic E-state index is 12.0. The standard InChI is InChI=1S/C18H27ClN4O3.HI/c1-3-20-18(22-10-12-26-16-15(19)8-5-9-21-16)23-11-6-7-14(13-23)17(24)25-4-2;/h5,8-9,14H,3-4,6-7,10-13H2,1-2H3,(H,20,22);1H/t14-;/m0./s1. The van der Waals surface area contributed by atoms with E-state index in [0.29, 0.717) is 37.2 Å². The second-order valence-electron chi connectivity index (χ2n) is 5.91. The number of nitrogens with one attached hydrogen (secondary N) is 1. The average molecular weight is 511 g/mol. The molecule has 0 aromatic carbocycles. The summed E-state index contributed by atoms with van der Waals surface area (Å²) in [4.78, 5) is 22.8. The number of hydrogen-bond acceptors (Lipinski definition) is 5. The highest BCUT2D eigenvalue weighted by Gasteiger charge is 2.28. The molecule has 1 aliphatic rings. The molecule has 0 amide bonds. The Morgan fingerprint density at radius 2 is 2.30 bits per heavy atom. The second kappa shape index (κ2) is 13.0. The van der Waals surface area contributed by atoms with E-state index in [9.17, 15) is 4.79 Å². The molecule has 27 heavy (non-hydrogen) atoms. The number of aromatic nitrogens is 1. The van der Waals surface area contributed by atoms with Crippen LogP contribution in [0.15, 0.2) is 23.3 Å². The molecular weight excluding hydrogens is 483 g/mol. The maximum absolute atomic E-state index is 12.0. The summed E-state index contributed by atoms with van der Waals surface area (Å²) in [5.74, 6) is 0.976. The van der Waals surface area contributed by atoms with Crippen molar-refractivity contribution in [1.82, 2.24) is 15.2 Å². The number of guanidine groups is 1. The molecular formula is C18H28ClIN4O3. The number of hydrogen-bond donors (Lipinski definition) is 1. The van der Waals surface area contributed by atoms with E-state index in [-0.39, 0.29) is 35.9 Å². The zero-order valence-corrected chi connectivity index (χ0v) is 18.9. The molecule has 1 fully saturated rings. The number of esters is 1. The van der Waals surface area contributed by atoms with Gasteiger partial charge in [-0.2, -0.15) is 0 Å². The Bertz CT molecular complexity index is 618. The van der Waals surface area contributed by atoms with Crippen LogP contribution in [0.3, 0.4) is 0 Å². The second-order valence-corrected chi connectivity index (χ2v) is 6.32. The number of likely N-dealkylation sites (tertiary alicyclic amines) is 1. The van der Waals surface area contributed by atoms with Gasteiger partial charge in [0.25, 0.3) is 0 Å². The van der Waals surface area contributed by atoms with Crippen molar-refractivity contribution < 1.29 is 14.3 Å². The lowest BCUT2D eigenvalue weighted by Crippen LogP contribution is -2.48. The molecule has 1 atom stereocenters. The van der Waals surface area contributed by atoms with Crippen LogP contribution in [-0.4, -0.2) is 61.2 Å². The molecule has 1 aromatic rings. The van der Waals surface area contributed by atoms with Crippen molar-refractivity contribution in [2.24, 2.45) is 10.9 Å². The van der Waals surface area contributed by atoms with Crippen molar-refractivity contribution in [2.45, 2.75) is 26.7 Å². The van der Waals surface area contributed by atoms with Crippen LogP contribution in [0.2, 0.25) is 5.02 Å². The van der Waals surface area contributed by atoms with E-state index in [1.807, 2.05) is 13.8 Å². The molecule has 1 aromatic heterocycles. The SMILES string of the molecule is CCNC(=NCCOc1ncccc1Cl)N1CCC[C@H](C(=O)OCC)C1.I. The van der Waals surface area contributed by atoms with Crippen LogP contribution < -0.4 is 10.1 Å². The van der Waals surface area contributed by atoms with Gasteiger partial charge in [-0.1, -0.05) is 11.6 Å². The van der Waals surface area contributed by atoms with Gasteiger partial charge in [-0.15, -0.1) is 24.0 Å². The number of carbonyl (C=O) groups excluding carboxylic acids is 1. The van der Waals surface area contributed by atoms with Gasteiger partial charge in [-0.05, 0) is 38.8 Å². The Hall–Kier alpha value is -1.29. The molecule has 152 valence electrons. The quantitative estimate of drug-likeness (QED) is 0.200. The summed E-state index contributed by atoms with van der Waals surface area (Å²) in [5.41, 5.74) is 0. The first-order chi connectivity index (χ1) is 12.7. The number of piperidine rings is 1. The fourth-order valence-corrected chi connectivity index (χ4v) is 3.00. The first-order valence-corrected chi connectivity index (χ1v) is 9.46. The largest absolute Gasteiger partial charge is 0.475 e. The Morgan fingerprint density at radius 1 is 1.48 bits per heavy atom. The predicted molar refractivity (Wildman–Crippen MR) is 117 cm³/mol. The lowest BCUT2D eigenvalue weighted by Gasteiger charge is -2.34. The van der Waals surface area contributed by atoms with Gasteiger partial charge in [-0.25, -0.2) is 9.98 Å². The van der Waals surface area contributed by atoms with E-state index in [1.54, 1.807) is 18.3 Å². The molecule has 9 heteroatoms. The zero-order chi connectivity index (χ0) is 18.8. The molecule has 1 saturated heterocycles. The van der Waals surface area contributed by atoms with Crippen LogP contribution in [0.4, 0.5) is 0 Å². The highest BCUT2D eigenvalue weighted by Crippen LogP contribution is 2.20. The van der Waals surface area contributed by atoms with Gasteiger partial charge in [0.2, 0.25) is 5.88 Å². The third-order valence-electron chi connectivity index (χ3n) is 3.99. The summed E-state index contributed by atoms with van der Waals surface area (Å²) < 4.78 is 10.7. The van der Waals surface area contributed by atoms with Gasteiger partial charge in [-0.3, -0.25) is 4.79 Å². The van der Waals surface area contributed by atoms with Crippen molar-refractivity contribution in [1.29, 1.82) is 0 Å². The molecule has 1 N–H and O–H groups in total. The number of halogens is 2. The molecule has 0 unspecified atom stereocenters. The number of rotatable bonds is 7. The van der Waals surface area contributed by atoms with Crippen LogP contribution in [0.5, 0.6) is 5.88 Å². The minimum atomic E-state index is -0.124. The van der Waals surface area contributed by atoms with Crippen LogP contribution >= 0.6 is 35.6 Å². The lowest BCUT2D eigenvalue weighted by molar-refractivity contribution is -0.149. The monoisotopic (exact) mass is 510 g/mol. The summed E-state index contributed by atoms with van der Waals surface area (Å²) in [5, 5.41) is 3.76. The van der Waals surface area contributed by atoms with Crippen molar-refractivity contribution in [3.05, 3.63) is 23.4 Å². The predicted octanol–water partition coefficient (Wildman–Crippen LogP) is 2.97. The van der Waals surface area contributed by atoms with Gasteiger partial charge < -0.3 is 19.7 Å². The van der Waals surface area contributed by atoms with E-state index < -0.39 is 0 Å². The Balaban J connectivity index is 0.00000364. The lowest BCUT2D eigenvalue weighted by atomic mass is 9.98. The van der Waals surface area contributed by atoms with Crippen LogP contribution in [0, 0.1) is 5.92 Å². The Labute approximate surface area is 182 Å². The number of aliphatic imine (C=N–C) groups is 1. The maximum Gasteiger partial charge on any atom is 0.310 e. The van der Waals surface area contributed by atoms with Crippen LogP contribution in [0.25, 0.3) is 0 Å². The van der Waals surface area contributed by atoms with Gasteiger partial charge in [0, 0.05) is 25.8 Å². The highest BCUT2D eigenvalue weighted by molar-refractivity contribution is 14.0. The van der Waals surface area contributed by atoms with Gasteiger partial charge in [0.1, 0.15) is 11.6 Å². The number of carbonyl (C=O) groups is 1. The summed E-state index contributed by atoms with van der Waals surface area (Å²) in [6.45, 7) is 7.36. The van der Waals surface area contributed by atoms with Gasteiger partial charge >= 0.3 is 5.97 Å². The fraction of sp³-hybridized carbons (Fsp3) is 0.611. The number of nitrogens with zero attached hydrogens (tertiary/aromatic N) is 3. The third kappa shape index (κ3) is 7.69. The van der Waals surface area contributed by atoms with Gasteiger partial charge in [0.15, 0.2) is 5.96 Å². The van der Waals surface area contributed by atoms with E-state index in [2.05, 4.69) is 20.2 Å². The molecule has 0 bridgehead atoms. The van der Waals surface area contributed by atoms with Crippen LogP contribution in [0.1, 0.15) is 26.7 Å². The molecule has 1 aliphatic heterocycles. The minimum Gasteiger partial charge on any atom is -0.475 e. The van der Waals surface area contributed by atoms with Crippen molar-refractivity contribution in [3.8, 4) is 5.88 Å². The van der Waals surface area contributed by atoms with E-state index >= 15 is 0 Å². The molecule has 0 spiro atoms. The van der Waals surface area contributed by atoms with E-state index in [1.165, 1.54) is 0 Å². The first-order valence-electron chi connectivity index (χ1n) is 9.08. The summed E-state index contributed by atoms with van der Waals surface area (Å²) >= 11 is 6.02. The third-order valence-corrected chi connectivity index (χ3v) is 4.28. The zero-order valence-electron chi connectivity index (χ0n) is 15.8. The summed E-state index contributed by atoms with van der Waals surface area (Å²) in [6, 6.07) is 3.49. The molecule has 0 aliphatic carbocycles. The molecule has 2 rings (SSSR count). The molecule has 7 nitrogen and oxygen atoms in total. The highest BCUT2D eigenvalue weighted by atomic mass is 127. The average Bonchev–Trinajstić information content (AvgIpc) is 2.66.